The van der Waals surface area contributed by atoms with Crippen molar-refractivity contribution < 1.29 is 4.74 Å². The highest BCUT2D eigenvalue weighted by Crippen LogP contribution is 2.26. The number of ether oxygens (including phenoxy) is 1. The molecule has 0 aliphatic carbocycles. The van der Waals surface area contributed by atoms with Gasteiger partial charge in [0.1, 0.15) is 5.75 Å². The lowest BCUT2D eigenvalue weighted by Crippen LogP contribution is -2.10. The Morgan fingerprint density at radius 3 is 2.27 bits per heavy atom. The third-order valence-electron chi connectivity index (χ3n) is 4.23. The highest BCUT2D eigenvalue weighted by molar-refractivity contribution is 7.98. The van der Waals surface area contributed by atoms with Crippen molar-refractivity contribution in [2.45, 2.75) is 44.7 Å². The van der Waals surface area contributed by atoms with Crippen molar-refractivity contribution in [3.63, 3.8) is 0 Å². The van der Waals surface area contributed by atoms with Gasteiger partial charge in [0, 0.05) is 12.8 Å². The Labute approximate surface area is 159 Å². The summed E-state index contributed by atoms with van der Waals surface area (Å²) in [6, 6.07) is 14.8. The lowest BCUT2D eigenvalue weighted by molar-refractivity contribution is 0.211. The maximum atomic E-state index is 6.10. The van der Waals surface area contributed by atoms with Crippen LogP contribution in [0, 0.1) is 20.8 Å². The summed E-state index contributed by atoms with van der Waals surface area (Å²) in [6.07, 6.45) is -0.164. The summed E-state index contributed by atoms with van der Waals surface area (Å²) < 4.78 is 8.12. The molecule has 0 spiro atoms. The molecule has 0 radical (unpaired) electrons. The van der Waals surface area contributed by atoms with Gasteiger partial charge in [-0.3, -0.25) is 0 Å². The van der Waals surface area contributed by atoms with E-state index < -0.39 is 0 Å². The van der Waals surface area contributed by atoms with Crippen molar-refractivity contribution in [1.29, 1.82) is 0 Å². The average molecular weight is 368 g/mol. The first-order chi connectivity index (χ1) is 12.4. The van der Waals surface area contributed by atoms with Crippen molar-refractivity contribution in [1.82, 2.24) is 14.8 Å². The van der Waals surface area contributed by atoms with Crippen molar-refractivity contribution in [2.75, 3.05) is 0 Å². The molecule has 3 rings (SSSR count). The van der Waals surface area contributed by atoms with Gasteiger partial charge in [-0.2, -0.15) is 0 Å². The average Bonchev–Trinajstić information content (AvgIpc) is 2.94. The maximum Gasteiger partial charge on any atom is 0.191 e. The van der Waals surface area contributed by atoms with Gasteiger partial charge in [0.25, 0.3) is 0 Å². The van der Waals surface area contributed by atoms with Crippen LogP contribution < -0.4 is 4.74 Å². The van der Waals surface area contributed by atoms with Crippen LogP contribution in [0.3, 0.4) is 0 Å². The van der Waals surface area contributed by atoms with Gasteiger partial charge >= 0.3 is 0 Å². The largest absolute Gasteiger partial charge is 0.483 e. The zero-order chi connectivity index (χ0) is 18.7. The van der Waals surface area contributed by atoms with E-state index in [1.165, 1.54) is 22.3 Å². The fraction of sp³-hybridized carbons (Fsp3) is 0.333. The van der Waals surface area contributed by atoms with Gasteiger partial charge in [0.05, 0.1) is 0 Å². The number of nitrogens with zero attached hydrogens (tertiary/aromatic N) is 3. The molecule has 1 aromatic heterocycles. The minimum atomic E-state index is -0.164. The van der Waals surface area contributed by atoms with E-state index in [0.29, 0.717) is 0 Å². The molecule has 26 heavy (non-hydrogen) atoms. The highest BCUT2D eigenvalue weighted by atomic mass is 32.2. The van der Waals surface area contributed by atoms with E-state index in [1.807, 2.05) is 30.7 Å². The van der Waals surface area contributed by atoms with E-state index in [2.05, 4.69) is 61.3 Å². The second-order valence-electron chi connectivity index (χ2n) is 6.76. The molecule has 0 N–H and O–H groups in total. The van der Waals surface area contributed by atoms with E-state index in [1.54, 1.807) is 11.8 Å². The second kappa shape index (κ2) is 7.96. The molecule has 0 amide bonds. The molecular weight excluding hydrogens is 342 g/mol. The maximum absolute atomic E-state index is 6.10. The SMILES string of the molecule is Cc1ccc(CSc2nnc(C(C)Oc3cc(C)cc(C)c3)n2C)cc1. The van der Waals surface area contributed by atoms with Crippen LogP contribution in [-0.2, 0) is 12.8 Å². The Morgan fingerprint density at radius 2 is 1.62 bits per heavy atom. The van der Waals surface area contributed by atoms with Crippen molar-refractivity contribution >= 4 is 11.8 Å². The van der Waals surface area contributed by atoms with Crippen LogP contribution >= 0.6 is 11.8 Å². The predicted octanol–water partition coefficient (Wildman–Crippen LogP) is 5.17. The van der Waals surface area contributed by atoms with Gasteiger partial charge in [-0.25, -0.2) is 0 Å². The normalized spacial score (nSPS) is 12.2. The Kier molecular flexibility index (Phi) is 5.67. The minimum Gasteiger partial charge on any atom is -0.483 e. The third kappa shape index (κ3) is 4.47. The van der Waals surface area contributed by atoms with Crippen LogP contribution in [-0.4, -0.2) is 14.8 Å². The van der Waals surface area contributed by atoms with E-state index >= 15 is 0 Å². The van der Waals surface area contributed by atoms with Gasteiger partial charge < -0.3 is 9.30 Å². The predicted molar refractivity (Wildman–Crippen MR) is 107 cm³/mol. The van der Waals surface area contributed by atoms with Crippen molar-refractivity contribution in [3.8, 4) is 5.75 Å². The fourth-order valence-electron chi connectivity index (χ4n) is 2.90. The number of aromatic nitrogens is 3. The summed E-state index contributed by atoms with van der Waals surface area (Å²) in [5, 5.41) is 9.59. The topological polar surface area (TPSA) is 39.9 Å². The fourth-order valence-corrected chi connectivity index (χ4v) is 3.77. The lowest BCUT2D eigenvalue weighted by Gasteiger charge is -2.15. The minimum absolute atomic E-state index is 0.164. The zero-order valence-electron chi connectivity index (χ0n) is 16.0. The number of benzene rings is 2. The molecule has 3 aromatic rings. The summed E-state index contributed by atoms with van der Waals surface area (Å²) in [5.41, 5.74) is 4.95. The van der Waals surface area contributed by atoms with Crippen LogP contribution in [0.15, 0.2) is 47.6 Å². The number of hydrogen-bond donors (Lipinski definition) is 0. The first-order valence-electron chi connectivity index (χ1n) is 8.75. The standard InChI is InChI=1S/C21H25N3OS/c1-14-6-8-18(9-7-14)13-26-21-23-22-20(24(21)5)17(4)25-19-11-15(2)10-16(3)12-19/h6-12,17H,13H2,1-5H3. The van der Waals surface area contributed by atoms with Crippen LogP contribution in [0.25, 0.3) is 0 Å². The summed E-state index contributed by atoms with van der Waals surface area (Å²) in [7, 11) is 1.99. The van der Waals surface area contributed by atoms with Crippen LogP contribution in [0.5, 0.6) is 5.75 Å². The van der Waals surface area contributed by atoms with Gasteiger partial charge in [0.15, 0.2) is 17.1 Å². The Morgan fingerprint density at radius 1 is 0.962 bits per heavy atom. The highest BCUT2D eigenvalue weighted by Gasteiger charge is 2.17. The molecule has 2 aromatic carbocycles. The molecule has 5 heteroatoms. The summed E-state index contributed by atoms with van der Waals surface area (Å²) in [6.45, 7) is 8.26. The molecule has 0 fully saturated rings. The van der Waals surface area contributed by atoms with E-state index in [9.17, 15) is 0 Å². The van der Waals surface area contributed by atoms with E-state index in [4.69, 9.17) is 4.74 Å². The second-order valence-corrected chi connectivity index (χ2v) is 7.70. The Bertz CT molecular complexity index is 867. The van der Waals surface area contributed by atoms with E-state index in [-0.39, 0.29) is 6.10 Å². The van der Waals surface area contributed by atoms with Crippen LogP contribution in [0.1, 0.15) is 41.1 Å². The van der Waals surface area contributed by atoms with Crippen molar-refractivity contribution in [3.05, 3.63) is 70.5 Å². The molecule has 0 aliphatic heterocycles. The molecule has 136 valence electrons. The van der Waals surface area contributed by atoms with Crippen molar-refractivity contribution in [2.24, 2.45) is 7.05 Å². The van der Waals surface area contributed by atoms with Gasteiger partial charge in [-0.1, -0.05) is 47.7 Å². The summed E-state index contributed by atoms with van der Waals surface area (Å²) in [4.78, 5) is 0. The molecule has 4 nitrogen and oxygen atoms in total. The number of hydrogen-bond acceptors (Lipinski definition) is 4. The first kappa shape index (κ1) is 18.5. The van der Waals surface area contributed by atoms with Crippen LogP contribution in [0.2, 0.25) is 0 Å². The zero-order valence-corrected chi connectivity index (χ0v) is 16.8. The monoisotopic (exact) mass is 367 g/mol. The molecule has 0 saturated carbocycles. The first-order valence-corrected chi connectivity index (χ1v) is 9.73. The lowest BCUT2D eigenvalue weighted by atomic mass is 10.1. The van der Waals surface area contributed by atoms with E-state index in [0.717, 1.165) is 22.5 Å². The molecule has 0 aliphatic rings. The van der Waals surface area contributed by atoms with Crippen LogP contribution in [0.4, 0.5) is 0 Å². The smallest absolute Gasteiger partial charge is 0.191 e. The molecular formula is C21H25N3OS. The summed E-state index contributed by atoms with van der Waals surface area (Å²) in [5.74, 6) is 2.57. The number of rotatable bonds is 6. The van der Waals surface area contributed by atoms with Gasteiger partial charge in [-0.05, 0) is 56.5 Å². The number of aryl methyl sites for hydroxylation is 3. The molecule has 1 heterocycles. The quantitative estimate of drug-likeness (QED) is 0.563. The summed E-state index contributed by atoms with van der Waals surface area (Å²) >= 11 is 1.69. The molecule has 0 bridgehead atoms. The third-order valence-corrected chi connectivity index (χ3v) is 5.32. The Balaban J connectivity index is 1.68. The Hall–Kier alpha value is -2.27. The van der Waals surface area contributed by atoms with Gasteiger partial charge in [-0.15, -0.1) is 10.2 Å². The van der Waals surface area contributed by atoms with Gasteiger partial charge in [0.2, 0.25) is 0 Å². The molecule has 1 unspecified atom stereocenters. The molecule has 0 saturated heterocycles. The number of thioether (sulfide) groups is 1. The molecule has 1 atom stereocenters.